The monoisotopic (exact) mass is 254 g/mol. The van der Waals surface area contributed by atoms with Gasteiger partial charge in [0.2, 0.25) is 0 Å². The number of rotatable bonds is 4. The van der Waals surface area contributed by atoms with Gasteiger partial charge in [-0.05, 0) is 31.2 Å². The van der Waals surface area contributed by atoms with Crippen LogP contribution in [0, 0.1) is 5.41 Å². The molecule has 1 saturated carbocycles. The summed E-state index contributed by atoms with van der Waals surface area (Å²) in [6.07, 6.45) is 8.04. The van der Waals surface area contributed by atoms with Crippen molar-refractivity contribution in [2.45, 2.75) is 64.5 Å². The van der Waals surface area contributed by atoms with E-state index in [9.17, 15) is 5.11 Å². The first-order valence-corrected chi connectivity index (χ1v) is 7.72. The standard InChI is InChI=1S/C15H30N2O/c1-15(2)12-16-9-8-14(15)17(10-11-18)13-6-4-3-5-7-13/h13-14,16,18H,3-12H2,1-2H3. The highest BCUT2D eigenvalue weighted by Crippen LogP contribution is 2.34. The lowest BCUT2D eigenvalue weighted by atomic mass is 9.77. The molecule has 2 rings (SSSR count). The molecule has 2 aliphatic rings. The summed E-state index contributed by atoms with van der Waals surface area (Å²) in [6.45, 7) is 8.14. The van der Waals surface area contributed by atoms with Crippen LogP contribution in [0.5, 0.6) is 0 Å². The first kappa shape index (κ1) is 14.3. The molecule has 0 aromatic carbocycles. The molecule has 1 heterocycles. The Balaban J connectivity index is 2.07. The van der Waals surface area contributed by atoms with Gasteiger partial charge in [-0.15, -0.1) is 0 Å². The van der Waals surface area contributed by atoms with Crippen LogP contribution in [0.4, 0.5) is 0 Å². The lowest BCUT2D eigenvalue weighted by molar-refractivity contribution is 0.00411. The highest BCUT2D eigenvalue weighted by atomic mass is 16.3. The van der Waals surface area contributed by atoms with Crippen molar-refractivity contribution >= 4 is 0 Å². The minimum absolute atomic E-state index is 0.302. The predicted octanol–water partition coefficient (Wildman–Crippen LogP) is 2.00. The Kier molecular flexibility index (Phi) is 5.05. The van der Waals surface area contributed by atoms with E-state index in [4.69, 9.17) is 0 Å². The Labute approximate surface area is 112 Å². The average molecular weight is 254 g/mol. The second-order valence-corrected chi connectivity index (χ2v) is 6.72. The third-order valence-electron chi connectivity index (χ3n) is 4.88. The van der Waals surface area contributed by atoms with Crippen LogP contribution in [0.3, 0.4) is 0 Å². The predicted molar refractivity (Wildman–Crippen MR) is 75.7 cm³/mol. The van der Waals surface area contributed by atoms with E-state index in [0.717, 1.165) is 19.6 Å². The molecule has 0 spiro atoms. The molecule has 3 nitrogen and oxygen atoms in total. The minimum atomic E-state index is 0.302. The van der Waals surface area contributed by atoms with Crippen LogP contribution < -0.4 is 5.32 Å². The van der Waals surface area contributed by atoms with Crippen LogP contribution in [-0.2, 0) is 0 Å². The second-order valence-electron chi connectivity index (χ2n) is 6.72. The smallest absolute Gasteiger partial charge is 0.0558 e. The van der Waals surface area contributed by atoms with Crippen LogP contribution in [0.25, 0.3) is 0 Å². The van der Waals surface area contributed by atoms with E-state index in [1.54, 1.807) is 0 Å². The number of nitrogens with zero attached hydrogens (tertiary/aromatic N) is 1. The SMILES string of the molecule is CC1(C)CNCCC1N(CCO)C1CCCCC1. The molecular weight excluding hydrogens is 224 g/mol. The van der Waals surface area contributed by atoms with E-state index in [-0.39, 0.29) is 0 Å². The van der Waals surface area contributed by atoms with Gasteiger partial charge in [0.1, 0.15) is 0 Å². The Morgan fingerprint density at radius 2 is 1.89 bits per heavy atom. The van der Waals surface area contributed by atoms with Gasteiger partial charge >= 0.3 is 0 Å². The first-order chi connectivity index (χ1) is 8.65. The van der Waals surface area contributed by atoms with Gasteiger partial charge in [-0.3, -0.25) is 4.90 Å². The molecule has 0 aromatic rings. The van der Waals surface area contributed by atoms with Crippen molar-refractivity contribution in [1.29, 1.82) is 0 Å². The number of nitrogens with one attached hydrogen (secondary N) is 1. The Hall–Kier alpha value is -0.120. The fourth-order valence-electron chi connectivity index (χ4n) is 3.89. The third kappa shape index (κ3) is 3.25. The van der Waals surface area contributed by atoms with Gasteiger partial charge in [-0.2, -0.15) is 0 Å². The summed E-state index contributed by atoms with van der Waals surface area (Å²) in [5.41, 5.74) is 0.324. The van der Waals surface area contributed by atoms with Gasteiger partial charge in [0.15, 0.2) is 0 Å². The molecule has 1 aliphatic carbocycles. The maximum absolute atomic E-state index is 9.41. The molecular formula is C15H30N2O. The molecule has 0 amide bonds. The highest BCUT2D eigenvalue weighted by Gasteiger charge is 2.38. The van der Waals surface area contributed by atoms with E-state index in [1.807, 2.05) is 0 Å². The van der Waals surface area contributed by atoms with Crippen molar-refractivity contribution in [2.75, 3.05) is 26.2 Å². The number of aliphatic hydroxyl groups is 1. The van der Waals surface area contributed by atoms with Crippen molar-refractivity contribution in [1.82, 2.24) is 10.2 Å². The van der Waals surface area contributed by atoms with Gasteiger partial charge in [0, 0.05) is 25.2 Å². The maximum Gasteiger partial charge on any atom is 0.0558 e. The molecule has 0 aromatic heterocycles. The van der Waals surface area contributed by atoms with Crippen molar-refractivity contribution in [3.05, 3.63) is 0 Å². The zero-order valence-corrected chi connectivity index (χ0v) is 12.1. The van der Waals surface area contributed by atoms with Crippen LogP contribution in [0.1, 0.15) is 52.4 Å². The number of hydrogen-bond donors (Lipinski definition) is 2. The molecule has 3 heteroatoms. The summed E-state index contributed by atoms with van der Waals surface area (Å²) in [5.74, 6) is 0. The summed E-state index contributed by atoms with van der Waals surface area (Å²) < 4.78 is 0. The van der Waals surface area contributed by atoms with E-state index in [1.165, 1.54) is 38.5 Å². The largest absolute Gasteiger partial charge is 0.395 e. The van der Waals surface area contributed by atoms with Gasteiger partial charge in [0.05, 0.1) is 6.61 Å². The van der Waals surface area contributed by atoms with Gasteiger partial charge in [-0.1, -0.05) is 33.1 Å². The highest BCUT2D eigenvalue weighted by molar-refractivity contribution is 4.94. The summed E-state index contributed by atoms with van der Waals surface area (Å²) in [5, 5.41) is 12.9. The Bertz CT molecular complexity index is 249. The minimum Gasteiger partial charge on any atom is -0.395 e. The molecule has 1 atom stereocenters. The summed E-state index contributed by atoms with van der Waals surface area (Å²) in [4.78, 5) is 2.64. The molecule has 106 valence electrons. The van der Waals surface area contributed by atoms with E-state index < -0.39 is 0 Å². The molecule has 1 aliphatic heterocycles. The third-order valence-corrected chi connectivity index (χ3v) is 4.88. The summed E-state index contributed by atoms with van der Waals surface area (Å²) >= 11 is 0. The fourth-order valence-corrected chi connectivity index (χ4v) is 3.89. The molecule has 2 fully saturated rings. The maximum atomic E-state index is 9.41. The van der Waals surface area contributed by atoms with Gasteiger partial charge in [-0.25, -0.2) is 0 Å². The van der Waals surface area contributed by atoms with Crippen molar-refractivity contribution < 1.29 is 5.11 Å². The van der Waals surface area contributed by atoms with Crippen molar-refractivity contribution in [3.8, 4) is 0 Å². The number of aliphatic hydroxyl groups excluding tert-OH is 1. The zero-order valence-electron chi connectivity index (χ0n) is 12.1. The Morgan fingerprint density at radius 3 is 2.50 bits per heavy atom. The molecule has 0 bridgehead atoms. The molecule has 18 heavy (non-hydrogen) atoms. The summed E-state index contributed by atoms with van der Waals surface area (Å²) in [6, 6.07) is 1.35. The fraction of sp³-hybridized carbons (Fsp3) is 1.00. The van der Waals surface area contributed by atoms with Gasteiger partial charge in [0.25, 0.3) is 0 Å². The van der Waals surface area contributed by atoms with Crippen molar-refractivity contribution in [3.63, 3.8) is 0 Å². The zero-order chi connectivity index (χ0) is 13.0. The van der Waals surface area contributed by atoms with Crippen LogP contribution in [0.15, 0.2) is 0 Å². The van der Waals surface area contributed by atoms with Crippen molar-refractivity contribution in [2.24, 2.45) is 5.41 Å². The lowest BCUT2D eigenvalue weighted by Crippen LogP contribution is -2.58. The van der Waals surface area contributed by atoms with E-state index in [0.29, 0.717) is 24.1 Å². The average Bonchev–Trinajstić information content (AvgIpc) is 2.37. The van der Waals surface area contributed by atoms with Gasteiger partial charge < -0.3 is 10.4 Å². The second kappa shape index (κ2) is 6.36. The van der Waals surface area contributed by atoms with Crippen LogP contribution in [-0.4, -0.2) is 48.3 Å². The number of piperidine rings is 1. The Morgan fingerprint density at radius 1 is 1.17 bits per heavy atom. The van der Waals surface area contributed by atoms with Crippen LogP contribution >= 0.6 is 0 Å². The molecule has 0 radical (unpaired) electrons. The number of hydrogen-bond acceptors (Lipinski definition) is 3. The molecule has 1 unspecified atom stereocenters. The normalized spacial score (nSPS) is 29.7. The topological polar surface area (TPSA) is 35.5 Å². The lowest BCUT2D eigenvalue weighted by Gasteiger charge is -2.49. The van der Waals surface area contributed by atoms with E-state index in [2.05, 4.69) is 24.1 Å². The van der Waals surface area contributed by atoms with Crippen LogP contribution in [0.2, 0.25) is 0 Å². The molecule has 2 N–H and O–H groups in total. The quantitative estimate of drug-likeness (QED) is 0.805. The van der Waals surface area contributed by atoms with E-state index >= 15 is 0 Å². The first-order valence-electron chi connectivity index (χ1n) is 7.72. The molecule has 1 saturated heterocycles. The summed E-state index contributed by atoms with van der Waals surface area (Å²) in [7, 11) is 0.